The number of fused-ring (bicyclic) bond motifs is 1. The summed E-state index contributed by atoms with van der Waals surface area (Å²) in [5, 5.41) is 10.2. The molecule has 28 heavy (non-hydrogen) atoms. The summed E-state index contributed by atoms with van der Waals surface area (Å²) < 4.78 is 0. The molecule has 0 radical (unpaired) electrons. The summed E-state index contributed by atoms with van der Waals surface area (Å²) in [6.45, 7) is 4.56. The number of hydrogen-bond donors (Lipinski definition) is 1. The van der Waals surface area contributed by atoms with Crippen molar-refractivity contribution in [3.63, 3.8) is 0 Å². The highest BCUT2D eigenvalue weighted by Crippen LogP contribution is 2.43. The molecule has 4 rings (SSSR count). The van der Waals surface area contributed by atoms with Crippen LogP contribution in [0.3, 0.4) is 0 Å². The second-order valence-corrected chi connectivity index (χ2v) is 8.45. The smallest absolute Gasteiger partial charge is 0.222 e. The molecule has 0 aliphatic carbocycles. The standard InChI is InChI=1S/C24H30N2O2/c27-19-24-13-14-26(23(28)12-11-20-7-3-1-4-8-20)17-22(24)16-25(18-24)15-21-9-5-2-6-10-21/h1-10,22,27H,11-19H2/t22-,24-/m0/s1. The van der Waals surface area contributed by atoms with Gasteiger partial charge in [-0.2, -0.15) is 0 Å². The molecule has 0 spiro atoms. The summed E-state index contributed by atoms with van der Waals surface area (Å²) >= 11 is 0. The highest BCUT2D eigenvalue weighted by molar-refractivity contribution is 5.76. The Morgan fingerprint density at radius 1 is 1.00 bits per heavy atom. The van der Waals surface area contributed by atoms with Gasteiger partial charge in [0.05, 0.1) is 6.61 Å². The fourth-order valence-electron chi connectivity index (χ4n) is 4.89. The van der Waals surface area contributed by atoms with Crippen molar-refractivity contribution in [3.8, 4) is 0 Å². The van der Waals surface area contributed by atoms with E-state index in [1.165, 1.54) is 11.1 Å². The molecule has 0 unspecified atom stereocenters. The lowest BCUT2D eigenvalue weighted by Crippen LogP contribution is -2.50. The third kappa shape index (κ3) is 4.13. The van der Waals surface area contributed by atoms with Crippen LogP contribution in [0.15, 0.2) is 60.7 Å². The molecule has 4 heteroatoms. The van der Waals surface area contributed by atoms with Gasteiger partial charge in [-0.25, -0.2) is 0 Å². The van der Waals surface area contributed by atoms with Crippen LogP contribution in [0.1, 0.15) is 24.0 Å². The molecular formula is C24H30N2O2. The van der Waals surface area contributed by atoms with Gasteiger partial charge in [-0.3, -0.25) is 9.69 Å². The monoisotopic (exact) mass is 378 g/mol. The lowest BCUT2D eigenvalue weighted by molar-refractivity contribution is -0.135. The van der Waals surface area contributed by atoms with Crippen LogP contribution in [0.2, 0.25) is 0 Å². The molecule has 2 saturated heterocycles. The Kier molecular flexibility index (Phi) is 5.79. The van der Waals surface area contributed by atoms with Gasteiger partial charge in [0.15, 0.2) is 0 Å². The molecule has 1 amide bonds. The molecule has 2 aromatic carbocycles. The fraction of sp³-hybridized carbons (Fsp3) is 0.458. The molecule has 2 fully saturated rings. The highest BCUT2D eigenvalue weighted by Gasteiger charge is 2.49. The predicted octanol–water partition coefficient (Wildman–Crippen LogP) is 2.96. The number of rotatable bonds is 6. The van der Waals surface area contributed by atoms with E-state index in [0.717, 1.165) is 45.6 Å². The Morgan fingerprint density at radius 3 is 2.36 bits per heavy atom. The molecule has 2 heterocycles. The van der Waals surface area contributed by atoms with Crippen LogP contribution in [0.4, 0.5) is 0 Å². The van der Waals surface area contributed by atoms with E-state index >= 15 is 0 Å². The average Bonchev–Trinajstić information content (AvgIpc) is 3.11. The summed E-state index contributed by atoms with van der Waals surface area (Å²) in [6, 6.07) is 20.7. The van der Waals surface area contributed by atoms with Crippen molar-refractivity contribution in [1.82, 2.24) is 9.80 Å². The van der Waals surface area contributed by atoms with Crippen LogP contribution < -0.4 is 0 Å². The Hall–Kier alpha value is -2.17. The van der Waals surface area contributed by atoms with Gasteiger partial charge in [0.2, 0.25) is 5.91 Å². The molecular weight excluding hydrogens is 348 g/mol. The normalized spacial score (nSPS) is 24.9. The maximum Gasteiger partial charge on any atom is 0.222 e. The van der Waals surface area contributed by atoms with Gasteiger partial charge < -0.3 is 10.0 Å². The number of aryl methyl sites for hydroxylation is 1. The number of piperidine rings is 1. The molecule has 2 atom stereocenters. The zero-order valence-corrected chi connectivity index (χ0v) is 16.5. The largest absolute Gasteiger partial charge is 0.396 e. The molecule has 1 N–H and O–H groups in total. The molecule has 0 saturated carbocycles. The van der Waals surface area contributed by atoms with E-state index < -0.39 is 0 Å². The molecule has 148 valence electrons. The minimum absolute atomic E-state index is 0.0506. The Balaban J connectivity index is 1.36. The number of benzene rings is 2. The van der Waals surface area contributed by atoms with E-state index in [1.54, 1.807) is 0 Å². The summed E-state index contributed by atoms with van der Waals surface area (Å²) in [5.41, 5.74) is 2.47. The van der Waals surface area contributed by atoms with Gasteiger partial charge in [-0.15, -0.1) is 0 Å². The second-order valence-electron chi connectivity index (χ2n) is 8.45. The number of carbonyl (C=O) groups excluding carboxylic acids is 1. The summed E-state index contributed by atoms with van der Waals surface area (Å²) in [5.74, 6) is 0.604. The van der Waals surface area contributed by atoms with E-state index in [1.807, 2.05) is 29.2 Å². The highest BCUT2D eigenvalue weighted by atomic mass is 16.3. The third-order valence-electron chi connectivity index (χ3n) is 6.59. The Morgan fingerprint density at radius 2 is 1.68 bits per heavy atom. The van der Waals surface area contributed by atoms with E-state index in [4.69, 9.17) is 0 Å². The van der Waals surface area contributed by atoms with Crippen LogP contribution in [0.25, 0.3) is 0 Å². The van der Waals surface area contributed by atoms with Gasteiger partial charge in [0.25, 0.3) is 0 Å². The molecule has 2 aromatic rings. The number of hydrogen-bond acceptors (Lipinski definition) is 3. The summed E-state index contributed by atoms with van der Waals surface area (Å²) in [7, 11) is 0. The maximum atomic E-state index is 12.8. The van der Waals surface area contributed by atoms with E-state index in [9.17, 15) is 9.90 Å². The zero-order chi connectivity index (χ0) is 19.4. The van der Waals surface area contributed by atoms with Crippen molar-refractivity contribution in [2.24, 2.45) is 11.3 Å². The SMILES string of the molecule is O=C(CCc1ccccc1)N1CC[C@@]2(CO)CN(Cc3ccccc3)C[C@H]2C1. The van der Waals surface area contributed by atoms with Crippen molar-refractivity contribution < 1.29 is 9.90 Å². The Bertz CT molecular complexity index is 780. The number of aliphatic hydroxyl groups is 1. The number of nitrogens with zero attached hydrogens (tertiary/aromatic N) is 2. The summed E-state index contributed by atoms with van der Waals surface area (Å²) in [6.07, 6.45) is 2.26. The predicted molar refractivity (Wildman–Crippen MR) is 111 cm³/mol. The first-order valence-electron chi connectivity index (χ1n) is 10.4. The van der Waals surface area contributed by atoms with E-state index in [-0.39, 0.29) is 17.9 Å². The average molecular weight is 379 g/mol. The van der Waals surface area contributed by atoms with Crippen LogP contribution in [0.5, 0.6) is 0 Å². The fourth-order valence-corrected chi connectivity index (χ4v) is 4.89. The van der Waals surface area contributed by atoms with Crippen molar-refractivity contribution in [2.45, 2.75) is 25.8 Å². The zero-order valence-electron chi connectivity index (χ0n) is 16.5. The topological polar surface area (TPSA) is 43.8 Å². The number of carbonyl (C=O) groups is 1. The first-order valence-corrected chi connectivity index (χ1v) is 10.4. The van der Waals surface area contributed by atoms with Crippen molar-refractivity contribution in [2.75, 3.05) is 32.8 Å². The molecule has 0 bridgehead atoms. The van der Waals surface area contributed by atoms with Crippen LogP contribution in [-0.4, -0.2) is 53.6 Å². The van der Waals surface area contributed by atoms with Crippen LogP contribution in [-0.2, 0) is 17.8 Å². The molecule has 4 nitrogen and oxygen atoms in total. The number of aliphatic hydroxyl groups excluding tert-OH is 1. The third-order valence-corrected chi connectivity index (χ3v) is 6.59. The quantitative estimate of drug-likeness (QED) is 0.840. The molecule has 2 aliphatic heterocycles. The molecule has 0 aromatic heterocycles. The van der Waals surface area contributed by atoms with Gasteiger partial charge in [0.1, 0.15) is 0 Å². The van der Waals surface area contributed by atoms with Crippen LogP contribution >= 0.6 is 0 Å². The van der Waals surface area contributed by atoms with Gasteiger partial charge >= 0.3 is 0 Å². The first-order chi connectivity index (χ1) is 13.7. The van der Waals surface area contributed by atoms with Crippen molar-refractivity contribution in [3.05, 3.63) is 71.8 Å². The van der Waals surface area contributed by atoms with E-state index in [2.05, 4.69) is 41.3 Å². The van der Waals surface area contributed by atoms with Gasteiger partial charge in [-0.1, -0.05) is 60.7 Å². The van der Waals surface area contributed by atoms with Crippen LogP contribution in [0, 0.1) is 11.3 Å². The minimum atomic E-state index is -0.0506. The van der Waals surface area contributed by atoms with Crippen molar-refractivity contribution in [1.29, 1.82) is 0 Å². The van der Waals surface area contributed by atoms with Crippen molar-refractivity contribution >= 4 is 5.91 Å². The number of amides is 1. The lowest BCUT2D eigenvalue weighted by atomic mass is 9.73. The first kappa shape index (κ1) is 19.2. The minimum Gasteiger partial charge on any atom is -0.396 e. The number of likely N-dealkylation sites (tertiary alicyclic amines) is 2. The second kappa shape index (κ2) is 8.46. The van der Waals surface area contributed by atoms with E-state index in [0.29, 0.717) is 12.3 Å². The summed E-state index contributed by atoms with van der Waals surface area (Å²) in [4.78, 5) is 17.3. The Labute approximate surface area is 167 Å². The van der Waals surface area contributed by atoms with Gasteiger partial charge in [0, 0.05) is 44.6 Å². The maximum absolute atomic E-state index is 12.8. The molecule has 2 aliphatic rings. The lowest BCUT2D eigenvalue weighted by Gasteiger charge is -2.42. The van der Waals surface area contributed by atoms with Gasteiger partial charge in [-0.05, 0) is 29.9 Å².